The van der Waals surface area contributed by atoms with Gasteiger partial charge in [0, 0.05) is 5.92 Å². The average Bonchev–Trinajstić information content (AvgIpc) is 2.68. The van der Waals surface area contributed by atoms with E-state index in [1.54, 1.807) is 48.5 Å². The minimum Gasteiger partial charge on any atom is -0.456 e. The molecule has 2 unspecified atom stereocenters. The Kier molecular flexibility index (Phi) is 11.1. The van der Waals surface area contributed by atoms with E-state index in [9.17, 15) is 19.2 Å². The molecule has 0 spiro atoms. The summed E-state index contributed by atoms with van der Waals surface area (Å²) in [6, 6.07) is 0. The highest BCUT2D eigenvalue weighted by atomic mass is 16.6. The zero-order valence-corrected chi connectivity index (χ0v) is 23.4. The molecule has 0 aliphatic heterocycles. The first kappa shape index (κ1) is 32.2. The van der Waals surface area contributed by atoms with Crippen LogP contribution in [0.1, 0.15) is 90.0 Å². The highest BCUT2D eigenvalue weighted by Gasteiger charge is 2.47. The Morgan fingerprint density at radius 3 is 1.65 bits per heavy atom. The molecule has 0 saturated carbocycles. The monoisotopic (exact) mass is 486 g/mol. The van der Waals surface area contributed by atoms with Crippen LogP contribution < -0.4 is 0 Å². The van der Waals surface area contributed by atoms with Gasteiger partial charge in [-0.2, -0.15) is 0 Å². The lowest BCUT2D eigenvalue weighted by Crippen LogP contribution is -2.52. The number of ketones is 2. The lowest BCUT2D eigenvalue weighted by molar-refractivity contribution is -0.186. The zero-order chi connectivity index (χ0) is 27.3. The first-order valence-corrected chi connectivity index (χ1v) is 11.8. The van der Waals surface area contributed by atoms with Crippen LogP contribution in [0.3, 0.4) is 0 Å². The molecule has 0 radical (unpaired) electrons. The van der Waals surface area contributed by atoms with E-state index in [4.69, 9.17) is 18.9 Å². The van der Waals surface area contributed by atoms with Crippen molar-refractivity contribution in [1.29, 1.82) is 0 Å². The Balaban J connectivity index is 5.08. The molecule has 8 nitrogen and oxygen atoms in total. The van der Waals surface area contributed by atoms with E-state index in [1.807, 2.05) is 34.6 Å². The van der Waals surface area contributed by atoms with E-state index in [0.717, 1.165) is 0 Å². The van der Waals surface area contributed by atoms with Crippen molar-refractivity contribution in [2.24, 2.45) is 16.7 Å². The van der Waals surface area contributed by atoms with E-state index in [-0.39, 0.29) is 29.5 Å². The topological polar surface area (TPSA) is 105 Å². The van der Waals surface area contributed by atoms with Crippen LogP contribution in [0.5, 0.6) is 0 Å². The molecule has 0 aromatic rings. The maximum Gasteiger partial charge on any atom is 0.335 e. The normalized spacial score (nSPS) is 15.0. The first-order chi connectivity index (χ1) is 15.1. The van der Waals surface area contributed by atoms with Crippen LogP contribution in [0.15, 0.2) is 0 Å². The Morgan fingerprint density at radius 1 is 0.706 bits per heavy atom. The lowest BCUT2D eigenvalue weighted by Gasteiger charge is -2.41. The van der Waals surface area contributed by atoms with Crippen molar-refractivity contribution >= 4 is 23.5 Å². The maximum atomic E-state index is 13.2. The highest BCUT2D eigenvalue weighted by molar-refractivity contribution is 5.91. The van der Waals surface area contributed by atoms with Crippen molar-refractivity contribution in [3.8, 4) is 0 Å². The predicted molar refractivity (Wildman–Crippen MR) is 129 cm³/mol. The van der Waals surface area contributed by atoms with E-state index in [2.05, 4.69) is 0 Å². The van der Waals surface area contributed by atoms with Crippen LogP contribution in [-0.2, 0) is 38.1 Å². The van der Waals surface area contributed by atoms with Gasteiger partial charge in [0.25, 0.3) is 0 Å². The second-order valence-electron chi connectivity index (χ2n) is 11.7. The van der Waals surface area contributed by atoms with Crippen LogP contribution in [0.25, 0.3) is 0 Å². The number of rotatable bonds is 13. The van der Waals surface area contributed by atoms with Gasteiger partial charge in [-0.1, -0.05) is 34.6 Å². The molecule has 8 heteroatoms. The Hall–Kier alpha value is -1.80. The Morgan fingerprint density at radius 2 is 1.21 bits per heavy atom. The molecular weight excluding hydrogens is 440 g/mol. The van der Waals surface area contributed by atoms with Gasteiger partial charge < -0.3 is 18.9 Å². The summed E-state index contributed by atoms with van der Waals surface area (Å²) in [6.07, 6.45) is -1.91. The van der Waals surface area contributed by atoms with Gasteiger partial charge in [-0.25, -0.2) is 9.59 Å². The summed E-state index contributed by atoms with van der Waals surface area (Å²) in [5, 5.41) is 0. The fourth-order valence-electron chi connectivity index (χ4n) is 2.57. The van der Waals surface area contributed by atoms with Gasteiger partial charge in [0.2, 0.25) is 0 Å². The van der Waals surface area contributed by atoms with Gasteiger partial charge in [-0.05, 0) is 60.8 Å². The summed E-state index contributed by atoms with van der Waals surface area (Å²) in [4.78, 5) is 49.4. The lowest BCUT2D eigenvalue weighted by atomic mass is 9.72. The Labute approximate surface area is 205 Å². The molecule has 0 saturated heterocycles. The number of carbonyl (C=O) groups excluding carboxylic acids is 4. The molecule has 0 amide bonds. The molecule has 0 aromatic heterocycles. The van der Waals surface area contributed by atoms with E-state index in [0.29, 0.717) is 0 Å². The van der Waals surface area contributed by atoms with Crippen molar-refractivity contribution in [3.05, 3.63) is 0 Å². The standard InChI is InChI=1S/C26H46O8/c1-16(2)19(27)14-31-20(28)15-32-26(12,13)24(8,9)21(29)17(3)33-22(30)18(4)34-25(10,11)23(5,6)7/h16-18H,14-15H2,1-13H3. The van der Waals surface area contributed by atoms with Crippen molar-refractivity contribution in [2.75, 3.05) is 13.2 Å². The molecule has 0 aliphatic carbocycles. The Bertz CT molecular complexity index is 740. The van der Waals surface area contributed by atoms with E-state index < -0.39 is 47.4 Å². The van der Waals surface area contributed by atoms with Gasteiger partial charge in [0.05, 0.1) is 16.6 Å². The van der Waals surface area contributed by atoms with Gasteiger partial charge >= 0.3 is 11.9 Å². The number of hydrogen-bond donors (Lipinski definition) is 0. The SMILES string of the molecule is CC(C)C(=O)COC(=O)COC(C)(C)C(C)(C)C(=O)C(C)OC(=O)C(C)OC(C)(C)C(C)(C)C. The van der Waals surface area contributed by atoms with Crippen LogP contribution in [0.2, 0.25) is 0 Å². The average molecular weight is 487 g/mol. The molecule has 0 heterocycles. The van der Waals surface area contributed by atoms with Gasteiger partial charge in [0.1, 0.15) is 13.2 Å². The summed E-state index contributed by atoms with van der Waals surface area (Å²) in [7, 11) is 0. The molecule has 0 N–H and O–H groups in total. The quantitative estimate of drug-likeness (QED) is 0.355. The minimum atomic E-state index is -1.12. The van der Waals surface area contributed by atoms with Crippen molar-refractivity contribution in [3.63, 3.8) is 0 Å². The smallest absolute Gasteiger partial charge is 0.335 e. The fourth-order valence-corrected chi connectivity index (χ4v) is 2.57. The van der Waals surface area contributed by atoms with Gasteiger partial charge in [-0.15, -0.1) is 0 Å². The summed E-state index contributed by atoms with van der Waals surface area (Å²) in [5.41, 5.74) is -3.02. The first-order valence-electron chi connectivity index (χ1n) is 11.8. The molecule has 0 aliphatic rings. The third kappa shape index (κ3) is 8.77. The molecule has 34 heavy (non-hydrogen) atoms. The molecule has 2 atom stereocenters. The number of esters is 2. The number of ether oxygens (including phenoxy) is 4. The molecule has 198 valence electrons. The number of hydrogen-bond acceptors (Lipinski definition) is 8. The molecule has 0 rings (SSSR count). The number of Topliss-reactive ketones (excluding diaryl/α,β-unsaturated/α-hetero) is 2. The van der Waals surface area contributed by atoms with Crippen LogP contribution in [0.4, 0.5) is 0 Å². The van der Waals surface area contributed by atoms with Crippen LogP contribution >= 0.6 is 0 Å². The van der Waals surface area contributed by atoms with Crippen molar-refractivity contribution < 1.29 is 38.1 Å². The number of carbonyl (C=O) groups is 4. The van der Waals surface area contributed by atoms with Gasteiger partial charge in [-0.3, -0.25) is 9.59 Å². The predicted octanol–water partition coefficient (Wildman–Crippen LogP) is 4.31. The maximum absolute atomic E-state index is 13.2. The molecule has 0 fully saturated rings. The fraction of sp³-hybridized carbons (Fsp3) is 0.846. The van der Waals surface area contributed by atoms with Crippen molar-refractivity contribution in [2.45, 2.75) is 113 Å². The molecule has 0 bridgehead atoms. The van der Waals surface area contributed by atoms with Crippen LogP contribution in [0, 0.1) is 16.7 Å². The van der Waals surface area contributed by atoms with Crippen LogP contribution in [-0.4, -0.2) is 60.1 Å². The van der Waals surface area contributed by atoms with Crippen molar-refractivity contribution in [1.82, 2.24) is 0 Å². The molecular formula is C26H46O8. The second-order valence-corrected chi connectivity index (χ2v) is 11.7. The largest absolute Gasteiger partial charge is 0.456 e. The third-order valence-corrected chi connectivity index (χ3v) is 6.96. The summed E-state index contributed by atoms with van der Waals surface area (Å²) in [5.74, 6) is -2.12. The highest BCUT2D eigenvalue weighted by Crippen LogP contribution is 2.37. The summed E-state index contributed by atoms with van der Waals surface area (Å²) < 4.78 is 22.0. The molecule has 0 aromatic carbocycles. The minimum absolute atomic E-state index is 0.192. The summed E-state index contributed by atoms with van der Waals surface area (Å²) in [6.45, 7) is 22.3. The second kappa shape index (κ2) is 11.8. The zero-order valence-electron chi connectivity index (χ0n) is 23.4. The van der Waals surface area contributed by atoms with E-state index >= 15 is 0 Å². The van der Waals surface area contributed by atoms with Gasteiger partial charge in [0.15, 0.2) is 23.8 Å². The third-order valence-electron chi connectivity index (χ3n) is 6.96. The summed E-state index contributed by atoms with van der Waals surface area (Å²) >= 11 is 0. The van der Waals surface area contributed by atoms with E-state index in [1.165, 1.54) is 6.92 Å².